The van der Waals surface area contributed by atoms with Crippen LogP contribution in [-0.4, -0.2) is 38.0 Å². The highest BCUT2D eigenvalue weighted by molar-refractivity contribution is 5.95. The summed E-state index contributed by atoms with van der Waals surface area (Å²) in [5.74, 6) is -1.01. The lowest BCUT2D eigenvalue weighted by molar-refractivity contribution is -0.302. The zero-order valence-corrected chi connectivity index (χ0v) is 21.6. The van der Waals surface area contributed by atoms with Gasteiger partial charge in [-0.1, -0.05) is 30.3 Å². The summed E-state index contributed by atoms with van der Waals surface area (Å²) < 4.78 is 10.7. The molecule has 0 saturated carbocycles. The fourth-order valence-electron chi connectivity index (χ4n) is 3.44. The number of hydrogen-bond donors (Lipinski definition) is 5. The lowest BCUT2D eigenvalue weighted by Gasteiger charge is -2.24. The molecule has 39 heavy (non-hydrogen) atoms. The number of carbonyl (C=O) groups excluding carboxylic acids is 3. The molecule has 2 amide bonds. The Morgan fingerprint density at radius 1 is 0.949 bits per heavy atom. The predicted molar refractivity (Wildman–Crippen MR) is 141 cm³/mol. The zero-order chi connectivity index (χ0) is 28.9. The number of amidine groups is 1. The van der Waals surface area contributed by atoms with E-state index in [2.05, 4.69) is 16.0 Å². The smallest absolute Gasteiger partial charge is 0.247 e. The van der Waals surface area contributed by atoms with Gasteiger partial charge in [-0.3, -0.25) is 10.2 Å². The topological polar surface area (TPSA) is 202 Å². The van der Waals surface area contributed by atoms with Crippen LogP contribution in [0.4, 0.5) is 16.2 Å². The summed E-state index contributed by atoms with van der Waals surface area (Å²) in [5, 5.41) is 36.1. The number of aliphatic carboxylic acids is 1. The molecule has 0 spiro atoms. The van der Waals surface area contributed by atoms with Gasteiger partial charge >= 0.3 is 0 Å². The van der Waals surface area contributed by atoms with Gasteiger partial charge in [0.1, 0.15) is 18.0 Å². The standard InChI is InChI=1S/C25H27N5O5.C2H4O2/c1-34-20-12-18(19(30-25(32)33)13-21(20)35-2)22(24(31)28-14-15-6-4-3-5-7-15)29-17-10-8-16(9-11-17)23(26)27;1-2(3)4/h3-13,22,29-30H,14H2,1-2H3,(H3,26,27)(H,28,31)(H,32,33);1H3,(H,3,4)/p-2. The fraction of sp³-hybridized carbons (Fsp3) is 0.185. The second-order valence-electron chi connectivity index (χ2n) is 7.97. The van der Waals surface area contributed by atoms with Gasteiger partial charge in [0.05, 0.1) is 14.2 Å². The van der Waals surface area contributed by atoms with Gasteiger partial charge in [-0.2, -0.15) is 0 Å². The first-order chi connectivity index (χ1) is 18.5. The van der Waals surface area contributed by atoms with Gasteiger partial charge in [0, 0.05) is 41.1 Å². The van der Waals surface area contributed by atoms with Crippen molar-refractivity contribution in [1.29, 1.82) is 5.41 Å². The van der Waals surface area contributed by atoms with Crippen LogP contribution in [0.25, 0.3) is 0 Å². The van der Waals surface area contributed by atoms with E-state index in [0.29, 0.717) is 17.0 Å². The number of carbonyl (C=O) groups is 3. The van der Waals surface area contributed by atoms with Crippen LogP contribution >= 0.6 is 0 Å². The summed E-state index contributed by atoms with van der Waals surface area (Å²) in [6, 6.07) is 17.9. The van der Waals surface area contributed by atoms with Crippen molar-refractivity contribution < 1.29 is 34.1 Å². The normalized spacial score (nSPS) is 10.6. The number of methoxy groups -OCH3 is 2. The molecule has 0 saturated heterocycles. The number of nitrogens with one attached hydrogen (secondary N) is 4. The molecule has 0 bridgehead atoms. The van der Waals surface area contributed by atoms with Crippen molar-refractivity contribution in [3.05, 3.63) is 83.4 Å². The number of nitrogen functional groups attached to an aromatic ring is 1. The molecule has 3 aromatic rings. The number of nitrogens with two attached hydrogens (primary N) is 1. The van der Waals surface area contributed by atoms with Crippen molar-refractivity contribution in [2.75, 3.05) is 24.9 Å². The molecule has 0 aliphatic rings. The maximum Gasteiger partial charge on any atom is 0.247 e. The van der Waals surface area contributed by atoms with E-state index in [0.717, 1.165) is 12.5 Å². The molecule has 0 heterocycles. The van der Waals surface area contributed by atoms with Gasteiger partial charge in [0.2, 0.25) is 5.91 Å². The molecule has 12 nitrogen and oxygen atoms in total. The van der Waals surface area contributed by atoms with Crippen LogP contribution in [-0.2, 0) is 16.1 Å². The molecule has 206 valence electrons. The maximum atomic E-state index is 13.4. The number of carboxylic acids is 1. The SMILES string of the molecule is CC(=O)[O-].COc1cc(NC(=O)[O-])c(C(Nc2ccc(C(=N)N)cc2)C(=O)NCc2ccccc2)cc1OC. The van der Waals surface area contributed by atoms with E-state index in [1.165, 1.54) is 26.4 Å². The highest BCUT2D eigenvalue weighted by Crippen LogP contribution is 2.37. The molecular weight excluding hydrogens is 506 g/mol. The molecule has 1 atom stereocenters. The molecule has 0 aromatic heterocycles. The number of benzene rings is 3. The summed E-state index contributed by atoms with van der Waals surface area (Å²) in [5.41, 5.74) is 7.87. The van der Waals surface area contributed by atoms with Gasteiger partial charge in [-0.05, 0) is 42.8 Å². The van der Waals surface area contributed by atoms with Crippen LogP contribution in [0.1, 0.15) is 29.7 Å². The van der Waals surface area contributed by atoms with Crippen LogP contribution in [0.2, 0.25) is 0 Å². The van der Waals surface area contributed by atoms with E-state index in [1.807, 2.05) is 30.3 Å². The highest BCUT2D eigenvalue weighted by Gasteiger charge is 2.26. The largest absolute Gasteiger partial charge is 0.550 e. The third-order valence-corrected chi connectivity index (χ3v) is 5.18. The van der Waals surface area contributed by atoms with Crippen molar-refractivity contribution in [3.63, 3.8) is 0 Å². The minimum Gasteiger partial charge on any atom is -0.550 e. The number of anilines is 2. The molecule has 0 aliphatic heterocycles. The molecule has 12 heteroatoms. The first-order valence-corrected chi connectivity index (χ1v) is 11.5. The fourth-order valence-corrected chi connectivity index (χ4v) is 3.44. The van der Waals surface area contributed by atoms with E-state index in [-0.39, 0.29) is 29.4 Å². The lowest BCUT2D eigenvalue weighted by Crippen LogP contribution is -2.35. The minimum absolute atomic E-state index is 0.0889. The zero-order valence-electron chi connectivity index (χ0n) is 21.6. The van der Waals surface area contributed by atoms with Gasteiger partial charge in [-0.25, -0.2) is 0 Å². The number of amides is 2. The van der Waals surface area contributed by atoms with Gasteiger partial charge in [0.25, 0.3) is 0 Å². The van der Waals surface area contributed by atoms with Crippen LogP contribution in [0, 0.1) is 5.41 Å². The van der Waals surface area contributed by atoms with E-state index in [9.17, 15) is 14.7 Å². The summed E-state index contributed by atoms with van der Waals surface area (Å²) >= 11 is 0. The van der Waals surface area contributed by atoms with E-state index in [4.69, 9.17) is 30.5 Å². The predicted octanol–water partition coefficient (Wildman–Crippen LogP) is 0.969. The number of rotatable bonds is 10. The molecule has 0 radical (unpaired) electrons. The summed E-state index contributed by atoms with van der Waals surface area (Å²) in [4.78, 5) is 33.7. The Hall–Kier alpha value is -5.26. The van der Waals surface area contributed by atoms with Crippen LogP contribution in [0.3, 0.4) is 0 Å². The van der Waals surface area contributed by atoms with Crippen molar-refractivity contribution in [2.24, 2.45) is 5.73 Å². The molecule has 6 N–H and O–H groups in total. The van der Waals surface area contributed by atoms with E-state index in [1.54, 1.807) is 24.3 Å². The minimum atomic E-state index is -1.55. The van der Waals surface area contributed by atoms with Crippen molar-refractivity contribution in [2.45, 2.75) is 19.5 Å². The van der Waals surface area contributed by atoms with E-state index >= 15 is 0 Å². The second-order valence-corrected chi connectivity index (χ2v) is 7.97. The van der Waals surface area contributed by atoms with Gasteiger partial charge in [-0.15, -0.1) is 0 Å². The maximum absolute atomic E-state index is 13.4. The molecule has 3 aromatic carbocycles. The Bertz CT molecular complexity index is 1290. The van der Waals surface area contributed by atoms with Crippen molar-refractivity contribution in [1.82, 2.24) is 5.32 Å². The second kappa shape index (κ2) is 14.5. The summed E-state index contributed by atoms with van der Waals surface area (Å²) in [6.45, 7) is 1.23. The molecule has 3 rings (SSSR count). The summed E-state index contributed by atoms with van der Waals surface area (Å²) in [6.07, 6.45) is -1.55. The van der Waals surface area contributed by atoms with Crippen LogP contribution < -0.4 is 41.4 Å². The van der Waals surface area contributed by atoms with Gasteiger partial charge in [0.15, 0.2) is 11.5 Å². The van der Waals surface area contributed by atoms with Crippen molar-refractivity contribution >= 4 is 35.2 Å². The Morgan fingerprint density at radius 2 is 1.51 bits per heavy atom. The third-order valence-electron chi connectivity index (χ3n) is 5.18. The Balaban J connectivity index is 0.00000124. The van der Waals surface area contributed by atoms with Crippen molar-refractivity contribution in [3.8, 4) is 11.5 Å². The van der Waals surface area contributed by atoms with E-state index < -0.39 is 24.0 Å². The average Bonchev–Trinajstić information content (AvgIpc) is 2.90. The number of hydrogen-bond acceptors (Lipinski definition) is 9. The first-order valence-electron chi connectivity index (χ1n) is 11.5. The average molecular weight is 536 g/mol. The molecule has 0 aliphatic carbocycles. The monoisotopic (exact) mass is 535 g/mol. The molecular formula is C27H29N5O7-2. The highest BCUT2D eigenvalue weighted by atomic mass is 16.5. The number of carboxylic acid groups (broad SMARTS) is 2. The Morgan fingerprint density at radius 3 is 2.03 bits per heavy atom. The third kappa shape index (κ3) is 9.28. The van der Waals surface area contributed by atoms with Crippen LogP contribution in [0.5, 0.6) is 11.5 Å². The Kier molecular flexibility index (Phi) is 11.1. The van der Waals surface area contributed by atoms with Gasteiger partial charge < -0.3 is 51.0 Å². The summed E-state index contributed by atoms with van der Waals surface area (Å²) in [7, 11) is 2.85. The molecule has 1 unspecified atom stereocenters. The number of ether oxygens (including phenoxy) is 2. The first kappa shape index (κ1) is 30.0. The lowest BCUT2D eigenvalue weighted by atomic mass is 10.0. The van der Waals surface area contributed by atoms with Crippen LogP contribution in [0.15, 0.2) is 66.7 Å². The quantitative estimate of drug-likeness (QED) is 0.185. The molecule has 0 fully saturated rings. The Labute approximate surface area is 225 Å².